The summed E-state index contributed by atoms with van der Waals surface area (Å²) < 4.78 is 0. The highest BCUT2D eigenvalue weighted by atomic mass is 14.7. The predicted molar refractivity (Wildman–Crippen MR) is 118 cm³/mol. The molecule has 0 aliphatic rings. The Hall–Kier alpha value is -1.11. The molecule has 148 valence electrons. The van der Waals surface area contributed by atoms with Crippen molar-refractivity contribution in [1.29, 1.82) is 0 Å². The van der Waals surface area contributed by atoms with Crippen LogP contribution >= 0.6 is 0 Å². The second-order valence-corrected chi connectivity index (χ2v) is 7.75. The standard InChI is InChI=1S/C25H43N/c1-2-3-4-5-6-7-8-9-10-11-12-13-14-15-16-20-23-26-24-25-21-18-17-19-22-25/h17-19,21-22,24H,2-16,20,23H2,1H3. The van der Waals surface area contributed by atoms with Gasteiger partial charge in [-0.25, -0.2) is 0 Å². The van der Waals surface area contributed by atoms with Gasteiger partial charge in [-0.3, -0.25) is 4.99 Å². The maximum atomic E-state index is 4.52. The molecule has 0 aliphatic heterocycles. The first-order valence-electron chi connectivity index (χ1n) is 11.5. The Morgan fingerprint density at radius 3 is 1.46 bits per heavy atom. The van der Waals surface area contributed by atoms with E-state index in [0.29, 0.717) is 0 Å². The third-order valence-corrected chi connectivity index (χ3v) is 5.18. The molecule has 1 aromatic carbocycles. The van der Waals surface area contributed by atoms with Crippen LogP contribution in [0.25, 0.3) is 0 Å². The lowest BCUT2D eigenvalue weighted by Crippen LogP contribution is -1.86. The van der Waals surface area contributed by atoms with Crippen LogP contribution in [0.3, 0.4) is 0 Å². The molecule has 0 unspecified atom stereocenters. The molecule has 0 radical (unpaired) electrons. The van der Waals surface area contributed by atoms with Crippen LogP contribution in [0.1, 0.15) is 115 Å². The van der Waals surface area contributed by atoms with Crippen LogP contribution in [-0.4, -0.2) is 12.8 Å². The van der Waals surface area contributed by atoms with Crippen molar-refractivity contribution in [3.63, 3.8) is 0 Å². The Labute approximate surface area is 163 Å². The van der Waals surface area contributed by atoms with Gasteiger partial charge in [0.2, 0.25) is 0 Å². The summed E-state index contributed by atoms with van der Waals surface area (Å²) >= 11 is 0. The van der Waals surface area contributed by atoms with Gasteiger partial charge in [0.05, 0.1) is 0 Å². The maximum Gasteiger partial charge on any atom is 0.0389 e. The molecule has 0 heterocycles. The van der Waals surface area contributed by atoms with Crippen molar-refractivity contribution < 1.29 is 0 Å². The highest BCUT2D eigenvalue weighted by molar-refractivity contribution is 5.79. The van der Waals surface area contributed by atoms with Gasteiger partial charge in [0.25, 0.3) is 0 Å². The van der Waals surface area contributed by atoms with E-state index in [1.807, 2.05) is 12.3 Å². The molecule has 26 heavy (non-hydrogen) atoms. The summed E-state index contributed by atoms with van der Waals surface area (Å²) in [6.07, 6.45) is 24.8. The first-order valence-corrected chi connectivity index (χ1v) is 11.5. The largest absolute Gasteiger partial charge is 0.293 e. The average Bonchev–Trinajstić information content (AvgIpc) is 2.68. The average molecular weight is 358 g/mol. The zero-order valence-electron chi connectivity index (χ0n) is 17.4. The number of hydrogen-bond acceptors (Lipinski definition) is 1. The summed E-state index contributed by atoms with van der Waals surface area (Å²) in [5, 5.41) is 0. The van der Waals surface area contributed by atoms with Crippen molar-refractivity contribution in [2.24, 2.45) is 4.99 Å². The molecular formula is C25H43N. The molecule has 0 bridgehead atoms. The lowest BCUT2D eigenvalue weighted by atomic mass is 10.0. The van der Waals surface area contributed by atoms with Crippen molar-refractivity contribution in [3.05, 3.63) is 35.9 Å². The van der Waals surface area contributed by atoms with E-state index in [2.05, 4.69) is 36.2 Å². The number of benzene rings is 1. The van der Waals surface area contributed by atoms with Gasteiger partial charge in [-0.2, -0.15) is 0 Å². The van der Waals surface area contributed by atoms with Crippen molar-refractivity contribution in [2.45, 2.75) is 110 Å². The first-order chi connectivity index (χ1) is 12.9. The lowest BCUT2D eigenvalue weighted by Gasteiger charge is -2.03. The molecule has 1 aromatic rings. The summed E-state index contributed by atoms with van der Waals surface area (Å²) in [5.41, 5.74) is 1.21. The molecule has 0 amide bonds. The molecule has 0 saturated heterocycles. The van der Waals surface area contributed by atoms with E-state index in [-0.39, 0.29) is 0 Å². The zero-order valence-corrected chi connectivity index (χ0v) is 17.4. The van der Waals surface area contributed by atoms with E-state index < -0.39 is 0 Å². The Balaban J connectivity index is 1.73. The smallest absolute Gasteiger partial charge is 0.0389 e. The number of rotatable bonds is 18. The van der Waals surface area contributed by atoms with Crippen molar-refractivity contribution in [3.8, 4) is 0 Å². The zero-order chi connectivity index (χ0) is 18.5. The highest BCUT2D eigenvalue weighted by Gasteiger charge is 1.94. The summed E-state index contributed by atoms with van der Waals surface area (Å²) in [6, 6.07) is 10.4. The fraction of sp³-hybridized carbons (Fsp3) is 0.720. The Kier molecular flexibility index (Phi) is 16.5. The molecule has 0 N–H and O–H groups in total. The molecule has 1 rings (SSSR count). The molecule has 0 spiro atoms. The second kappa shape index (κ2) is 18.7. The van der Waals surface area contributed by atoms with E-state index in [4.69, 9.17) is 0 Å². The molecule has 0 aromatic heterocycles. The normalized spacial score (nSPS) is 11.4. The molecule has 1 heteroatoms. The third-order valence-electron chi connectivity index (χ3n) is 5.18. The Morgan fingerprint density at radius 2 is 1.00 bits per heavy atom. The van der Waals surface area contributed by atoms with Crippen molar-refractivity contribution in [2.75, 3.05) is 6.54 Å². The number of unbranched alkanes of at least 4 members (excludes halogenated alkanes) is 15. The summed E-state index contributed by atoms with van der Waals surface area (Å²) in [6.45, 7) is 3.27. The Bertz CT molecular complexity index is 409. The summed E-state index contributed by atoms with van der Waals surface area (Å²) in [5.74, 6) is 0. The highest BCUT2D eigenvalue weighted by Crippen LogP contribution is 2.13. The van der Waals surface area contributed by atoms with Crippen molar-refractivity contribution >= 4 is 6.21 Å². The van der Waals surface area contributed by atoms with Gasteiger partial charge in [0.15, 0.2) is 0 Å². The fourth-order valence-electron chi connectivity index (χ4n) is 3.46. The number of nitrogens with zero attached hydrogens (tertiary/aromatic N) is 1. The van der Waals surface area contributed by atoms with E-state index in [9.17, 15) is 0 Å². The van der Waals surface area contributed by atoms with Gasteiger partial charge in [0, 0.05) is 12.8 Å². The molecule has 0 atom stereocenters. The van der Waals surface area contributed by atoms with Gasteiger partial charge in [-0.05, 0) is 12.0 Å². The second-order valence-electron chi connectivity index (χ2n) is 7.75. The van der Waals surface area contributed by atoms with E-state index in [1.165, 1.54) is 108 Å². The van der Waals surface area contributed by atoms with E-state index in [1.54, 1.807) is 0 Å². The minimum absolute atomic E-state index is 0.980. The quantitative estimate of drug-likeness (QED) is 0.185. The lowest BCUT2D eigenvalue weighted by molar-refractivity contribution is 0.530. The van der Waals surface area contributed by atoms with Crippen molar-refractivity contribution in [1.82, 2.24) is 0 Å². The van der Waals surface area contributed by atoms with E-state index in [0.717, 1.165) is 6.54 Å². The number of aliphatic imine (C=N–C) groups is 1. The minimum atomic E-state index is 0.980. The maximum absolute atomic E-state index is 4.52. The van der Waals surface area contributed by atoms with Gasteiger partial charge >= 0.3 is 0 Å². The van der Waals surface area contributed by atoms with E-state index >= 15 is 0 Å². The van der Waals surface area contributed by atoms with Crippen LogP contribution in [0.5, 0.6) is 0 Å². The minimum Gasteiger partial charge on any atom is -0.293 e. The van der Waals surface area contributed by atoms with Crippen LogP contribution in [-0.2, 0) is 0 Å². The van der Waals surface area contributed by atoms with Crippen LogP contribution < -0.4 is 0 Å². The number of hydrogen-bond donors (Lipinski definition) is 0. The Morgan fingerprint density at radius 1 is 0.577 bits per heavy atom. The monoisotopic (exact) mass is 357 g/mol. The van der Waals surface area contributed by atoms with Crippen LogP contribution in [0.4, 0.5) is 0 Å². The molecule has 0 saturated carbocycles. The van der Waals surface area contributed by atoms with Crippen LogP contribution in [0.15, 0.2) is 35.3 Å². The van der Waals surface area contributed by atoms with Crippen LogP contribution in [0.2, 0.25) is 0 Å². The van der Waals surface area contributed by atoms with Gasteiger partial charge in [0.1, 0.15) is 0 Å². The fourth-order valence-corrected chi connectivity index (χ4v) is 3.46. The topological polar surface area (TPSA) is 12.4 Å². The molecule has 0 fully saturated rings. The van der Waals surface area contributed by atoms with Gasteiger partial charge in [-0.1, -0.05) is 134 Å². The van der Waals surface area contributed by atoms with Gasteiger partial charge in [-0.15, -0.1) is 0 Å². The third kappa shape index (κ3) is 15.2. The molecule has 0 aliphatic carbocycles. The first kappa shape index (κ1) is 22.9. The summed E-state index contributed by atoms with van der Waals surface area (Å²) in [4.78, 5) is 4.52. The predicted octanol–water partition coefficient (Wildman–Crippen LogP) is 8.37. The van der Waals surface area contributed by atoms with Crippen LogP contribution in [0, 0.1) is 0 Å². The molecular weight excluding hydrogens is 314 g/mol. The van der Waals surface area contributed by atoms with Gasteiger partial charge < -0.3 is 0 Å². The summed E-state index contributed by atoms with van der Waals surface area (Å²) in [7, 11) is 0. The molecule has 1 nitrogen and oxygen atoms in total. The SMILES string of the molecule is CCCCCCCCCCCCCCCCCCN=Cc1ccccc1.